The second-order valence-corrected chi connectivity index (χ2v) is 7.66. The number of carbonyl (C=O) groups is 1. The first-order valence-electron chi connectivity index (χ1n) is 10.5. The summed E-state index contributed by atoms with van der Waals surface area (Å²) in [6.07, 6.45) is 3.85. The maximum Gasteiger partial charge on any atom is 0.242 e. The lowest BCUT2D eigenvalue weighted by atomic mass is 10.1. The molecule has 1 aromatic carbocycles. The molecule has 0 atom stereocenters. The van der Waals surface area contributed by atoms with Crippen LogP contribution in [-0.4, -0.2) is 46.6 Å². The summed E-state index contributed by atoms with van der Waals surface area (Å²) in [7, 11) is 4.67. The van der Waals surface area contributed by atoms with Crippen LogP contribution >= 0.6 is 0 Å². The largest absolute Gasteiger partial charge is 0.493 e. The summed E-state index contributed by atoms with van der Waals surface area (Å²) < 4.78 is 19.7. The van der Waals surface area contributed by atoms with E-state index in [-0.39, 0.29) is 12.5 Å². The lowest BCUT2D eigenvalue weighted by Gasteiger charge is -2.14. The molecule has 0 unspecified atom stereocenters. The van der Waals surface area contributed by atoms with Gasteiger partial charge in [-0.2, -0.15) is 5.10 Å². The molecule has 0 radical (unpaired) electrons. The monoisotopic (exact) mass is 449 g/mol. The van der Waals surface area contributed by atoms with Gasteiger partial charge in [0.2, 0.25) is 11.7 Å². The van der Waals surface area contributed by atoms with E-state index >= 15 is 0 Å². The molecule has 3 heterocycles. The number of aromatic nitrogens is 4. The minimum Gasteiger partial charge on any atom is -0.493 e. The van der Waals surface area contributed by atoms with Gasteiger partial charge >= 0.3 is 0 Å². The van der Waals surface area contributed by atoms with Crippen LogP contribution in [0.4, 0.5) is 0 Å². The number of rotatable bonds is 8. The zero-order valence-electron chi connectivity index (χ0n) is 19.4. The zero-order chi connectivity index (χ0) is 23.5. The predicted molar refractivity (Wildman–Crippen MR) is 124 cm³/mol. The SMILES string of the molecule is COc1cc(CNC(=O)Cn2nc(-n3cccc3)c3c(C)cc(C)nc32)cc(OC)c1OC. The molecule has 3 aromatic heterocycles. The lowest BCUT2D eigenvalue weighted by molar-refractivity contribution is -0.121. The molecule has 0 aliphatic carbocycles. The van der Waals surface area contributed by atoms with Gasteiger partial charge in [-0.25, -0.2) is 9.67 Å². The van der Waals surface area contributed by atoms with E-state index in [9.17, 15) is 4.79 Å². The molecule has 0 spiro atoms. The van der Waals surface area contributed by atoms with E-state index in [2.05, 4.69) is 10.3 Å². The van der Waals surface area contributed by atoms with E-state index in [4.69, 9.17) is 19.3 Å². The number of amides is 1. The minimum absolute atomic E-state index is 0.0398. The third kappa shape index (κ3) is 4.34. The number of methoxy groups -OCH3 is 3. The molecule has 0 aliphatic heterocycles. The van der Waals surface area contributed by atoms with Gasteiger partial charge in [0, 0.05) is 24.6 Å². The molecule has 0 fully saturated rings. The van der Waals surface area contributed by atoms with E-state index in [1.54, 1.807) is 26.0 Å². The first-order chi connectivity index (χ1) is 15.9. The van der Waals surface area contributed by atoms with Crippen molar-refractivity contribution in [2.45, 2.75) is 26.9 Å². The number of pyridine rings is 1. The normalized spacial score (nSPS) is 10.9. The van der Waals surface area contributed by atoms with Crippen LogP contribution in [0.2, 0.25) is 0 Å². The molecule has 0 saturated carbocycles. The van der Waals surface area contributed by atoms with Crippen LogP contribution in [0, 0.1) is 13.8 Å². The van der Waals surface area contributed by atoms with Crippen molar-refractivity contribution in [2.75, 3.05) is 21.3 Å². The summed E-state index contributed by atoms with van der Waals surface area (Å²) in [6, 6.07) is 9.51. The smallest absolute Gasteiger partial charge is 0.242 e. The van der Waals surface area contributed by atoms with E-state index in [1.807, 2.05) is 61.1 Å². The van der Waals surface area contributed by atoms with Crippen molar-refractivity contribution >= 4 is 16.9 Å². The number of nitrogens with zero attached hydrogens (tertiary/aromatic N) is 4. The van der Waals surface area contributed by atoms with Crippen molar-refractivity contribution in [1.82, 2.24) is 24.6 Å². The Labute approximate surface area is 191 Å². The number of benzene rings is 1. The van der Waals surface area contributed by atoms with Gasteiger partial charge in [0.05, 0.1) is 26.7 Å². The topological polar surface area (TPSA) is 92.4 Å². The number of ether oxygens (including phenoxy) is 3. The summed E-state index contributed by atoms with van der Waals surface area (Å²) >= 11 is 0. The highest BCUT2D eigenvalue weighted by molar-refractivity contribution is 5.88. The molecule has 0 bridgehead atoms. The highest BCUT2D eigenvalue weighted by Crippen LogP contribution is 2.38. The van der Waals surface area contributed by atoms with Gasteiger partial charge in [0.1, 0.15) is 6.54 Å². The number of nitrogens with one attached hydrogen (secondary N) is 1. The van der Waals surface area contributed by atoms with E-state index in [0.717, 1.165) is 28.0 Å². The molecule has 0 aliphatic rings. The Morgan fingerprint density at radius 1 is 1.00 bits per heavy atom. The Balaban J connectivity index is 1.58. The number of hydrogen-bond acceptors (Lipinski definition) is 6. The summed E-state index contributed by atoms with van der Waals surface area (Å²) in [5.74, 6) is 2.13. The van der Waals surface area contributed by atoms with Crippen LogP contribution < -0.4 is 19.5 Å². The molecule has 1 amide bonds. The van der Waals surface area contributed by atoms with Crippen LogP contribution in [0.25, 0.3) is 16.9 Å². The zero-order valence-corrected chi connectivity index (χ0v) is 19.4. The number of carbonyl (C=O) groups excluding carboxylic acids is 1. The first-order valence-corrected chi connectivity index (χ1v) is 10.5. The standard InChI is InChI=1S/C24H27N5O4/c1-15-10-16(2)26-23-21(15)24(28-8-6-7-9-28)27-29(23)14-20(30)25-13-17-11-18(31-3)22(33-5)19(12-17)32-4/h6-12H,13-14H2,1-5H3,(H,25,30). The summed E-state index contributed by atoms with van der Waals surface area (Å²) in [6.45, 7) is 4.30. The molecule has 9 heteroatoms. The number of fused-ring (bicyclic) bond motifs is 1. The fourth-order valence-corrected chi connectivity index (χ4v) is 3.89. The quantitative estimate of drug-likeness (QED) is 0.444. The minimum atomic E-state index is -0.187. The third-order valence-corrected chi connectivity index (χ3v) is 5.37. The van der Waals surface area contributed by atoms with Crippen molar-refractivity contribution in [1.29, 1.82) is 0 Å². The molecule has 4 aromatic rings. The molecule has 172 valence electrons. The van der Waals surface area contributed by atoms with Crippen molar-refractivity contribution < 1.29 is 19.0 Å². The summed E-state index contributed by atoms with van der Waals surface area (Å²) in [5, 5.41) is 8.57. The number of aryl methyl sites for hydroxylation is 2. The molecule has 1 N–H and O–H groups in total. The maximum absolute atomic E-state index is 12.8. The highest BCUT2D eigenvalue weighted by atomic mass is 16.5. The van der Waals surface area contributed by atoms with Gasteiger partial charge in [-0.3, -0.25) is 4.79 Å². The Morgan fingerprint density at radius 3 is 2.27 bits per heavy atom. The molecule has 0 saturated heterocycles. The van der Waals surface area contributed by atoms with Gasteiger partial charge in [-0.15, -0.1) is 0 Å². The number of hydrogen-bond donors (Lipinski definition) is 1. The second kappa shape index (κ2) is 9.23. The van der Waals surface area contributed by atoms with Crippen LogP contribution in [0.5, 0.6) is 17.2 Å². The van der Waals surface area contributed by atoms with Crippen LogP contribution in [0.1, 0.15) is 16.8 Å². The van der Waals surface area contributed by atoms with Gasteiger partial charge in [0.15, 0.2) is 23.0 Å². The molecule has 9 nitrogen and oxygen atoms in total. The third-order valence-electron chi connectivity index (χ3n) is 5.37. The Kier molecular flexibility index (Phi) is 6.21. The second-order valence-electron chi connectivity index (χ2n) is 7.66. The fourth-order valence-electron chi connectivity index (χ4n) is 3.89. The van der Waals surface area contributed by atoms with Gasteiger partial charge < -0.3 is 24.1 Å². The van der Waals surface area contributed by atoms with Gasteiger partial charge in [-0.1, -0.05) is 0 Å². The summed E-state index contributed by atoms with van der Waals surface area (Å²) in [4.78, 5) is 17.5. The van der Waals surface area contributed by atoms with Crippen LogP contribution in [0.15, 0.2) is 42.7 Å². The van der Waals surface area contributed by atoms with Crippen molar-refractivity contribution in [3.8, 4) is 23.1 Å². The lowest BCUT2D eigenvalue weighted by Crippen LogP contribution is -2.27. The summed E-state index contributed by atoms with van der Waals surface area (Å²) in [5.41, 5.74) is 3.43. The van der Waals surface area contributed by atoms with Crippen molar-refractivity contribution in [3.63, 3.8) is 0 Å². The van der Waals surface area contributed by atoms with E-state index in [0.29, 0.717) is 29.4 Å². The van der Waals surface area contributed by atoms with E-state index < -0.39 is 0 Å². The van der Waals surface area contributed by atoms with Crippen molar-refractivity contribution in [3.05, 3.63) is 59.5 Å². The predicted octanol–water partition coefficient (Wildman–Crippen LogP) is 3.18. The Bertz CT molecular complexity index is 1270. The Hall–Kier alpha value is -4.01. The average molecular weight is 450 g/mol. The van der Waals surface area contributed by atoms with Gasteiger partial charge in [0.25, 0.3) is 0 Å². The molecule has 4 rings (SSSR count). The van der Waals surface area contributed by atoms with Crippen molar-refractivity contribution in [2.24, 2.45) is 0 Å². The molecule has 33 heavy (non-hydrogen) atoms. The van der Waals surface area contributed by atoms with E-state index in [1.165, 1.54) is 0 Å². The fraction of sp³-hybridized carbons (Fsp3) is 0.292. The van der Waals surface area contributed by atoms with Crippen LogP contribution in [-0.2, 0) is 17.9 Å². The Morgan fingerprint density at radius 2 is 1.67 bits per heavy atom. The average Bonchev–Trinajstić information content (AvgIpc) is 3.45. The molecular formula is C24H27N5O4. The highest BCUT2D eigenvalue weighted by Gasteiger charge is 2.18. The molecular weight excluding hydrogens is 422 g/mol. The van der Waals surface area contributed by atoms with Gasteiger partial charge in [-0.05, 0) is 55.3 Å². The first kappa shape index (κ1) is 22.2. The maximum atomic E-state index is 12.8. The van der Waals surface area contributed by atoms with Crippen LogP contribution in [0.3, 0.4) is 0 Å².